The van der Waals surface area contributed by atoms with Gasteiger partial charge in [0, 0.05) is 11.8 Å². The Bertz CT molecular complexity index is 549. The molecule has 0 radical (unpaired) electrons. The molecule has 19 heavy (non-hydrogen) atoms. The molecule has 0 aromatic heterocycles. The van der Waals surface area contributed by atoms with Gasteiger partial charge in [-0.2, -0.15) is 0 Å². The molecular formula is C15H14O4. The fourth-order valence-electron chi connectivity index (χ4n) is 3.28. The van der Waals surface area contributed by atoms with Gasteiger partial charge in [-0.05, 0) is 17.5 Å². The Kier molecular flexibility index (Phi) is 2.66. The molecule has 0 saturated carbocycles. The van der Waals surface area contributed by atoms with Crippen molar-refractivity contribution in [2.24, 2.45) is 0 Å². The van der Waals surface area contributed by atoms with Crippen LogP contribution in [0, 0.1) is 0 Å². The van der Waals surface area contributed by atoms with E-state index < -0.39 is 11.9 Å². The van der Waals surface area contributed by atoms with E-state index in [-0.39, 0.29) is 11.8 Å². The van der Waals surface area contributed by atoms with E-state index in [1.54, 1.807) is 0 Å². The molecule has 0 spiro atoms. The van der Waals surface area contributed by atoms with Gasteiger partial charge in [0.25, 0.3) is 0 Å². The molecule has 2 bridgehead atoms. The molecule has 0 heterocycles. The largest absolute Gasteiger partial charge is 0.466 e. The van der Waals surface area contributed by atoms with Gasteiger partial charge in [0.15, 0.2) is 0 Å². The molecule has 2 aliphatic rings. The van der Waals surface area contributed by atoms with E-state index in [1.165, 1.54) is 14.2 Å². The van der Waals surface area contributed by atoms with Gasteiger partial charge in [-0.1, -0.05) is 24.3 Å². The first-order valence-electron chi connectivity index (χ1n) is 6.18. The van der Waals surface area contributed by atoms with Crippen LogP contribution in [0.25, 0.3) is 0 Å². The number of carbonyl (C=O) groups is 2. The van der Waals surface area contributed by atoms with Crippen molar-refractivity contribution in [3.63, 3.8) is 0 Å². The molecule has 98 valence electrons. The van der Waals surface area contributed by atoms with Gasteiger partial charge in [0.2, 0.25) is 0 Å². The SMILES string of the molecule is COC(=O)C1=C(C(=O)OC)C2CC1c1ccccc12. The summed E-state index contributed by atoms with van der Waals surface area (Å²) < 4.78 is 9.64. The van der Waals surface area contributed by atoms with Crippen molar-refractivity contribution in [1.82, 2.24) is 0 Å². The summed E-state index contributed by atoms with van der Waals surface area (Å²) in [4.78, 5) is 23.9. The summed E-state index contributed by atoms with van der Waals surface area (Å²) in [5, 5.41) is 0. The highest BCUT2D eigenvalue weighted by Gasteiger charge is 2.48. The van der Waals surface area contributed by atoms with E-state index in [9.17, 15) is 9.59 Å². The maximum absolute atomic E-state index is 12.0. The van der Waals surface area contributed by atoms with Crippen molar-refractivity contribution in [3.8, 4) is 0 Å². The molecule has 1 aromatic carbocycles. The lowest BCUT2D eigenvalue weighted by atomic mass is 9.86. The highest BCUT2D eigenvalue weighted by atomic mass is 16.5. The van der Waals surface area contributed by atoms with Crippen LogP contribution in [-0.2, 0) is 19.1 Å². The van der Waals surface area contributed by atoms with E-state index in [4.69, 9.17) is 9.47 Å². The normalized spacial score (nSPS) is 23.3. The Balaban J connectivity index is 2.16. The van der Waals surface area contributed by atoms with Crippen LogP contribution in [0.1, 0.15) is 29.4 Å². The fraction of sp³-hybridized carbons (Fsp3) is 0.333. The van der Waals surface area contributed by atoms with Gasteiger partial charge in [-0.15, -0.1) is 0 Å². The number of hydrogen-bond acceptors (Lipinski definition) is 4. The summed E-state index contributed by atoms with van der Waals surface area (Å²) in [5.74, 6) is -0.935. The summed E-state index contributed by atoms with van der Waals surface area (Å²) >= 11 is 0. The van der Waals surface area contributed by atoms with Gasteiger partial charge in [0.1, 0.15) is 0 Å². The predicted molar refractivity (Wildman–Crippen MR) is 67.6 cm³/mol. The van der Waals surface area contributed by atoms with Gasteiger partial charge in [0.05, 0.1) is 25.4 Å². The molecule has 0 saturated heterocycles. The quantitative estimate of drug-likeness (QED) is 0.760. The summed E-state index contributed by atoms with van der Waals surface area (Å²) in [6.45, 7) is 0. The van der Waals surface area contributed by atoms with E-state index in [0.717, 1.165) is 17.5 Å². The van der Waals surface area contributed by atoms with Gasteiger partial charge in [-0.25, -0.2) is 9.59 Å². The number of fused-ring (bicyclic) bond motifs is 5. The highest BCUT2D eigenvalue weighted by molar-refractivity contribution is 6.05. The second kappa shape index (κ2) is 4.23. The molecule has 0 N–H and O–H groups in total. The molecule has 3 rings (SSSR count). The number of methoxy groups -OCH3 is 2. The minimum absolute atomic E-state index is 0.0391. The van der Waals surface area contributed by atoms with Crippen LogP contribution in [0.3, 0.4) is 0 Å². The molecule has 2 aliphatic carbocycles. The average Bonchev–Trinajstić information content (AvgIpc) is 3.02. The molecule has 4 nitrogen and oxygen atoms in total. The van der Waals surface area contributed by atoms with Crippen LogP contribution >= 0.6 is 0 Å². The first kappa shape index (κ1) is 12.0. The highest BCUT2D eigenvalue weighted by Crippen LogP contribution is 2.56. The summed E-state index contributed by atoms with van der Waals surface area (Å²) in [5.41, 5.74) is 3.19. The van der Waals surface area contributed by atoms with Crippen LogP contribution in [0.5, 0.6) is 0 Å². The van der Waals surface area contributed by atoms with Crippen LogP contribution in [-0.4, -0.2) is 26.2 Å². The topological polar surface area (TPSA) is 52.6 Å². The van der Waals surface area contributed by atoms with E-state index in [2.05, 4.69) is 0 Å². The monoisotopic (exact) mass is 258 g/mol. The van der Waals surface area contributed by atoms with Crippen LogP contribution < -0.4 is 0 Å². The zero-order valence-electron chi connectivity index (χ0n) is 10.8. The Morgan fingerprint density at radius 3 is 1.74 bits per heavy atom. The molecule has 0 aliphatic heterocycles. The first-order valence-corrected chi connectivity index (χ1v) is 6.18. The predicted octanol–water partition coefficient (Wildman–Crippen LogP) is 1.91. The van der Waals surface area contributed by atoms with Crippen LogP contribution in [0.2, 0.25) is 0 Å². The second-order valence-electron chi connectivity index (χ2n) is 4.78. The van der Waals surface area contributed by atoms with Crippen LogP contribution in [0.4, 0.5) is 0 Å². The third-order valence-electron chi connectivity index (χ3n) is 4.02. The Morgan fingerprint density at radius 2 is 1.37 bits per heavy atom. The number of rotatable bonds is 2. The summed E-state index contributed by atoms with van der Waals surface area (Å²) in [7, 11) is 2.67. The molecular weight excluding hydrogens is 244 g/mol. The minimum Gasteiger partial charge on any atom is -0.466 e. The molecule has 1 aromatic rings. The molecule has 0 amide bonds. The molecule has 2 atom stereocenters. The number of esters is 2. The Hall–Kier alpha value is -2.10. The van der Waals surface area contributed by atoms with E-state index in [1.807, 2.05) is 24.3 Å². The van der Waals surface area contributed by atoms with Crippen LogP contribution in [0.15, 0.2) is 35.4 Å². The molecule has 2 unspecified atom stereocenters. The molecule has 0 fully saturated rings. The summed E-state index contributed by atoms with van der Waals surface area (Å²) in [6, 6.07) is 7.92. The van der Waals surface area contributed by atoms with E-state index in [0.29, 0.717) is 11.1 Å². The zero-order valence-corrected chi connectivity index (χ0v) is 10.8. The maximum atomic E-state index is 12.0. The third-order valence-corrected chi connectivity index (χ3v) is 4.02. The lowest BCUT2D eigenvalue weighted by molar-refractivity contribution is -0.139. The lowest BCUT2D eigenvalue weighted by Crippen LogP contribution is -2.19. The van der Waals surface area contributed by atoms with Gasteiger partial charge in [-0.3, -0.25) is 0 Å². The van der Waals surface area contributed by atoms with Gasteiger partial charge < -0.3 is 9.47 Å². The Morgan fingerprint density at radius 1 is 0.947 bits per heavy atom. The van der Waals surface area contributed by atoms with Gasteiger partial charge >= 0.3 is 11.9 Å². The average molecular weight is 258 g/mol. The van der Waals surface area contributed by atoms with Crippen molar-refractivity contribution in [1.29, 1.82) is 0 Å². The number of ether oxygens (including phenoxy) is 2. The lowest BCUT2D eigenvalue weighted by Gasteiger charge is -2.19. The third kappa shape index (κ3) is 1.52. The van der Waals surface area contributed by atoms with Crippen molar-refractivity contribution >= 4 is 11.9 Å². The maximum Gasteiger partial charge on any atom is 0.334 e. The standard InChI is InChI=1S/C15H14O4/c1-18-14(16)12-10-7-11(13(12)15(17)19-2)9-6-4-3-5-8(9)10/h3-6,10-11H,7H2,1-2H3. The Labute approximate surface area is 111 Å². The minimum atomic E-state index is -0.428. The first-order chi connectivity index (χ1) is 9.19. The number of hydrogen-bond donors (Lipinski definition) is 0. The summed E-state index contributed by atoms with van der Waals surface area (Å²) in [6.07, 6.45) is 0.758. The second-order valence-corrected chi connectivity index (χ2v) is 4.78. The zero-order chi connectivity index (χ0) is 13.6. The number of benzene rings is 1. The smallest absolute Gasteiger partial charge is 0.334 e. The van der Waals surface area contributed by atoms with Crippen molar-refractivity contribution in [2.75, 3.05) is 14.2 Å². The van der Waals surface area contributed by atoms with E-state index >= 15 is 0 Å². The fourth-order valence-corrected chi connectivity index (χ4v) is 3.28. The van der Waals surface area contributed by atoms with Crippen molar-refractivity contribution < 1.29 is 19.1 Å². The van der Waals surface area contributed by atoms with Crippen molar-refractivity contribution in [2.45, 2.75) is 18.3 Å². The number of carbonyl (C=O) groups excluding carboxylic acids is 2. The molecule has 4 heteroatoms. The van der Waals surface area contributed by atoms with Crippen molar-refractivity contribution in [3.05, 3.63) is 46.5 Å².